The molecule has 1 fully saturated rings. The summed E-state index contributed by atoms with van der Waals surface area (Å²) >= 11 is 0. The number of rotatable bonds is 3. The van der Waals surface area contributed by atoms with E-state index in [9.17, 15) is 4.79 Å². The molecule has 82 valence electrons. The van der Waals surface area contributed by atoms with Gasteiger partial charge in [0, 0.05) is 5.92 Å². The molecule has 0 aromatic carbocycles. The van der Waals surface area contributed by atoms with E-state index < -0.39 is 0 Å². The Balaban J connectivity index is 1.89. The summed E-state index contributed by atoms with van der Waals surface area (Å²) in [5, 5.41) is 12.6. The van der Waals surface area contributed by atoms with Gasteiger partial charge in [0.15, 0.2) is 5.82 Å². The molecule has 1 heterocycles. The van der Waals surface area contributed by atoms with Crippen molar-refractivity contribution in [2.75, 3.05) is 5.32 Å². The summed E-state index contributed by atoms with van der Waals surface area (Å²) in [4.78, 5) is 11.8. The maximum Gasteiger partial charge on any atom is 0.228 e. The van der Waals surface area contributed by atoms with Crippen molar-refractivity contribution in [3.05, 3.63) is 6.20 Å². The van der Waals surface area contributed by atoms with Gasteiger partial charge >= 0.3 is 0 Å². The summed E-state index contributed by atoms with van der Waals surface area (Å²) in [5.74, 6) is 1.17. The minimum atomic E-state index is 0.0517. The molecule has 1 aliphatic carbocycles. The molecule has 0 bridgehead atoms. The van der Waals surface area contributed by atoms with Crippen LogP contribution in [0.2, 0.25) is 0 Å². The fourth-order valence-corrected chi connectivity index (χ4v) is 2.17. The number of carbonyl (C=O) groups excluding carboxylic acids is 1. The molecule has 1 amide bonds. The standard InChI is InChI=1S/C10H16N4O/c1-7(8-4-2-3-5-8)10(15)12-9-6-11-14-13-9/h6-8H,2-5H2,1H3,(H2,11,12,13,14,15). The van der Waals surface area contributed by atoms with Crippen molar-refractivity contribution in [3.63, 3.8) is 0 Å². The highest BCUT2D eigenvalue weighted by Crippen LogP contribution is 2.31. The predicted molar refractivity (Wildman–Crippen MR) is 56.1 cm³/mol. The van der Waals surface area contributed by atoms with Crippen LogP contribution in [0.15, 0.2) is 6.20 Å². The third-order valence-corrected chi connectivity index (χ3v) is 3.19. The number of hydrogen-bond donors (Lipinski definition) is 2. The number of carbonyl (C=O) groups is 1. The van der Waals surface area contributed by atoms with Gasteiger partial charge in [-0.05, 0) is 18.8 Å². The van der Waals surface area contributed by atoms with Gasteiger partial charge in [0.1, 0.15) is 0 Å². The third-order valence-electron chi connectivity index (χ3n) is 3.19. The van der Waals surface area contributed by atoms with Crippen LogP contribution < -0.4 is 5.32 Å². The molecule has 1 unspecified atom stereocenters. The number of aromatic amines is 1. The largest absolute Gasteiger partial charge is 0.308 e. The fraction of sp³-hybridized carbons (Fsp3) is 0.700. The monoisotopic (exact) mass is 208 g/mol. The van der Waals surface area contributed by atoms with Crippen LogP contribution in [0.5, 0.6) is 0 Å². The van der Waals surface area contributed by atoms with Crippen molar-refractivity contribution < 1.29 is 4.79 Å². The first kappa shape index (κ1) is 10.1. The van der Waals surface area contributed by atoms with Crippen molar-refractivity contribution >= 4 is 11.7 Å². The average Bonchev–Trinajstić information content (AvgIpc) is 2.88. The first-order chi connectivity index (χ1) is 7.27. The van der Waals surface area contributed by atoms with E-state index in [1.165, 1.54) is 25.7 Å². The molecule has 5 nitrogen and oxygen atoms in total. The Morgan fingerprint density at radius 2 is 2.33 bits per heavy atom. The normalized spacial score (nSPS) is 19.0. The van der Waals surface area contributed by atoms with Gasteiger partial charge in [-0.2, -0.15) is 0 Å². The number of aromatic nitrogens is 3. The van der Waals surface area contributed by atoms with E-state index in [4.69, 9.17) is 0 Å². The lowest BCUT2D eigenvalue weighted by Gasteiger charge is -2.16. The van der Waals surface area contributed by atoms with Crippen LogP contribution in [0.1, 0.15) is 32.6 Å². The van der Waals surface area contributed by atoms with E-state index in [1.807, 2.05) is 6.92 Å². The second-order valence-corrected chi connectivity index (χ2v) is 4.18. The van der Waals surface area contributed by atoms with Crippen molar-refractivity contribution in [2.45, 2.75) is 32.6 Å². The van der Waals surface area contributed by atoms with E-state index in [0.717, 1.165) is 0 Å². The molecule has 0 radical (unpaired) electrons. The van der Waals surface area contributed by atoms with Gasteiger partial charge in [-0.15, -0.1) is 5.10 Å². The number of hydrogen-bond acceptors (Lipinski definition) is 3. The molecule has 1 aromatic rings. The maximum absolute atomic E-state index is 11.8. The lowest BCUT2D eigenvalue weighted by molar-refractivity contribution is -0.120. The van der Waals surface area contributed by atoms with Gasteiger partial charge in [-0.3, -0.25) is 9.89 Å². The lowest BCUT2D eigenvalue weighted by atomic mass is 9.92. The van der Waals surface area contributed by atoms with Gasteiger partial charge < -0.3 is 5.32 Å². The minimum absolute atomic E-state index is 0.0517. The molecule has 1 aliphatic rings. The highest BCUT2D eigenvalue weighted by molar-refractivity contribution is 5.91. The Kier molecular flexibility index (Phi) is 2.99. The molecule has 1 saturated carbocycles. The summed E-state index contributed by atoms with van der Waals surface area (Å²) in [5.41, 5.74) is 0. The fourth-order valence-electron chi connectivity index (χ4n) is 2.17. The molecule has 0 aliphatic heterocycles. The predicted octanol–water partition coefficient (Wildman–Crippen LogP) is 1.57. The second-order valence-electron chi connectivity index (χ2n) is 4.18. The van der Waals surface area contributed by atoms with E-state index in [0.29, 0.717) is 11.7 Å². The van der Waals surface area contributed by atoms with Gasteiger partial charge in [0.2, 0.25) is 5.91 Å². The molecular weight excluding hydrogens is 192 g/mol. The minimum Gasteiger partial charge on any atom is -0.308 e. The zero-order valence-corrected chi connectivity index (χ0v) is 8.86. The van der Waals surface area contributed by atoms with Gasteiger partial charge in [-0.25, -0.2) is 0 Å². The quantitative estimate of drug-likeness (QED) is 0.792. The molecular formula is C10H16N4O. The van der Waals surface area contributed by atoms with Crippen LogP contribution in [0.25, 0.3) is 0 Å². The summed E-state index contributed by atoms with van der Waals surface area (Å²) in [6.07, 6.45) is 6.44. The van der Waals surface area contributed by atoms with Crippen molar-refractivity contribution in [1.82, 2.24) is 15.4 Å². The van der Waals surface area contributed by atoms with Crippen LogP contribution >= 0.6 is 0 Å². The van der Waals surface area contributed by atoms with Gasteiger partial charge in [0.25, 0.3) is 0 Å². The maximum atomic E-state index is 11.8. The number of amides is 1. The second kappa shape index (κ2) is 4.42. The molecule has 0 saturated heterocycles. The third kappa shape index (κ3) is 2.34. The van der Waals surface area contributed by atoms with Gasteiger partial charge in [-0.1, -0.05) is 25.0 Å². The molecule has 2 N–H and O–H groups in total. The smallest absolute Gasteiger partial charge is 0.228 e. The molecule has 5 heteroatoms. The highest BCUT2D eigenvalue weighted by atomic mass is 16.2. The first-order valence-electron chi connectivity index (χ1n) is 5.44. The molecule has 1 atom stereocenters. The zero-order chi connectivity index (χ0) is 10.7. The van der Waals surface area contributed by atoms with Crippen LogP contribution in [0.4, 0.5) is 5.82 Å². The van der Waals surface area contributed by atoms with Crippen LogP contribution in [0.3, 0.4) is 0 Å². The first-order valence-corrected chi connectivity index (χ1v) is 5.44. The summed E-state index contributed by atoms with van der Waals surface area (Å²) in [7, 11) is 0. The van der Waals surface area contributed by atoms with Crippen LogP contribution in [-0.4, -0.2) is 21.3 Å². The van der Waals surface area contributed by atoms with E-state index in [-0.39, 0.29) is 11.8 Å². The molecule has 0 spiro atoms. The summed E-state index contributed by atoms with van der Waals surface area (Å²) < 4.78 is 0. The molecule has 15 heavy (non-hydrogen) atoms. The number of H-pyrrole nitrogens is 1. The number of nitrogens with one attached hydrogen (secondary N) is 2. The van der Waals surface area contributed by atoms with E-state index in [2.05, 4.69) is 20.7 Å². The zero-order valence-electron chi connectivity index (χ0n) is 8.86. The summed E-state index contributed by atoms with van der Waals surface area (Å²) in [6.45, 7) is 1.99. The van der Waals surface area contributed by atoms with E-state index in [1.54, 1.807) is 6.20 Å². The Morgan fingerprint density at radius 1 is 1.60 bits per heavy atom. The lowest BCUT2D eigenvalue weighted by Crippen LogP contribution is -2.25. The van der Waals surface area contributed by atoms with E-state index >= 15 is 0 Å². The van der Waals surface area contributed by atoms with Crippen LogP contribution in [0, 0.1) is 11.8 Å². The van der Waals surface area contributed by atoms with Crippen LogP contribution in [-0.2, 0) is 4.79 Å². The van der Waals surface area contributed by atoms with Crippen molar-refractivity contribution in [3.8, 4) is 0 Å². The Bertz CT molecular complexity index is 316. The average molecular weight is 208 g/mol. The van der Waals surface area contributed by atoms with Crippen molar-refractivity contribution in [1.29, 1.82) is 0 Å². The molecule has 1 aromatic heterocycles. The number of nitrogens with zero attached hydrogens (tertiary/aromatic N) is 2. The Morgan fingerprint density at radius 3 is 2.93 bits per heavy atom. The summed E-state index contributed by atoms with van der Waals surface area (Å²) in [6, 6.07) is 0. The SMILES string of the molecule is CC(C(=O)Nc1c[nH]nn1)C1CCCC1. The van der Waals surface area contributed by atoms with Crippen molar-refractivity contribution in [2.24, 2.45) is 11.8 Å². The number of anilines is 1. The Labute approximate surface area is 88.6 Å². The highest BCUT2D eigenvalue weighted by Gasteiger charge is 2.26. The van der Waals surface area contributed by atoms with Gasteiger partial charge in [0.05, 0.1) is 6.20 Å². The molecule has 2 rings (SSSR count). The topological polar surface area (TPSA) is 70.7 Å². The Hall–Kier alpha value is -1.39.